The van der Waals surface area contributed by atoms with Gasteiger partial charge in [-0.2, -0.15) is 0 Å². The normalized spacial score (nSPS) is 19.8. The van der Waals surface area contributed by atoms with Crippen LogP contribution in [0.25, 0.3) is 0 Å². The molecule has 1 aliphatic carbocycles. The summed E-state index contributed by atoms with van der Waals surface area (Å²) >= 11 is 0. The second-order valence-electron chi connectivity index (χ2n) is 4.02. The third-order valence-corrected chi connectivity index (χ3v) is 4.67. The van der Waals surface area contributed by atoms with Gasteiger partial charge in [0.2, 0.25) is 0 Å². The molecule has 1 fully saturated rings. The molecule has 1 aliphatic rings. The van der Waals surface area contributed by atoms with Gasteiger partial charge in [0.05, 0.1) is 10.8 Å². The summed E-state index contributed by atoms with van der Waals surface area (Å²) in [5, 5.41) is 0.415. The molecule has 0 radical (unpaired) electrons. The molecule has 1 aromatic rings. The molecule has 1 atom stereocenters. The van der Waals surface area contributed by atoms with Crippen molar-refractivity contribution < 1.29 is 4.21 Å². The highest BCUT2D eigenvalue weighted by Gasteiger charge is 2.22. The Morgan fingerprint density at radius 2 is 1.71 bits per heavy atom. The lowest BCUT2D eigenvalue weighted by Gasteiger charge is -2.08. The van der Waals surface area contributed by atoms with Crippen molar-refractivity contribution in [1.29, 1.82) is 0 Å². The van der Waals surface area contributed by atoms with E-state index in [1.165, 1.54) is 18.4 Å². The van der Waals surface area contributed by atoms with Crippen molar-refractivity contribution in [3.63, 3.8) is 0 Å². The molecule has 2 heteroatoms. The third kappa shape index (κ3) is 2.06. The van der Waals surface area contributed by atoms with E-state index in [1.807, 2.05) is 24.3 Å². The van der Waals surface area contributed by atoms with Crippen LogP contribution in [0.2, 0.25) is 0 Å². The van der Waals surface area contributed by atoms with E-state index in [1.54, 1.807) is 0 Å². The Bertz CT molecular complexity index is 323. The Kier molecular flexibility index (Phi) is 3.02. The zero-order valence-corrected chi connectivity index (χ0v) is 9.35. The van der Waals surface area contributed by atoms with Crippen molar-refractivity contribution in [2.75, 3.05) is 0 Å². The van der Waals surface area contributed by atoms with Crippen LogP contribution < -0.4 is 0 Å². The maximum Gasteiger partial charge on any atom is 0.0560 e. The van der Waals surface area contributed by atoms with Gasteiger partial charge in [0.25, 0.3) is 0 Å². The van der Waals surface area contributed by atoms with Crippen LogP contribution in [-0.4, -0.2) is 9.46 Å². The van der Waals surface area contributed by atoms with Crippen LogP contribution in [0.15, 0.2) is 29.2 Å². The zero-order valence-electron chi connectivity index (χ0n) is 8.53. The predicted molar refractivity (Wildman–Crippen MR) is 59.8 cm³/mol. The molecule has 0 bridgehead atoms. The van der Waals surface area contributed by atoms with Gasteiger partial charge in [0, 0.05) is 10.1 Å². The smallest absolute Gasteiger partial charge is 0.0560 e. The quantitative estimate of drug-likeness (QED) is 0.730. The Hall–Kier alpha value is -0.630. The minimum Gasteiger partial charge on any atom is -0.254 e. The van der Waals surface area contributed by atoms with Crippen molar-refractivity contribution in [3.8, 4) is 0 Å². The lowest BCUT2D eigenvalue weighted by molar-refractivity contribution is 0.669. The zero-order chi connectivity index (χ0) is 9.97. The standard InChI is InChI=1S/C12H16OS/c1-10-6-8-12(9-7-10)14(13)11-4-2-3-5-11/h6-9,11H,2-5H2,1H3. The molecule has 1 saturated carbocycles. The lowest BCUT2D eigenvalue weighted by Crippen LogP contribution is -2.10. The fourth-order valence-electron chi connectivity index (χ4n) is 1.97. The molecule has 1 nitrogen and oxygen atoms in total. The van der Waals surface area contributed by atoms with Crippen LogP contribution in [0.1, 0.15) is 31.2 Å². The number of rotatable bonds is 2. The predicted octanol–water partition coefficient (Wildman–Crippen LogP) is 3.05. The average molecular weight is 208 g/mol. The maximum absolute atomic E-state index is 12.1. The van der Waals surface area contributed by atoms with E-state index in [0.717, 1.165) is 17.7 Å². The SMILES string of the molecule is Cc1ccc(S(=O)C2CCCC2)cc1. The molecule has 0 N–H and O–H groups in total. The van der Waals surface area contributed by atoms with E-state index >= 15 is 0 Å². The molecule has 2 rings (SSSR count). The molecule has 0 amide bonds. The first-order valence-corrected chi connectivity index (χ1v) is 6.46. The number of hydrogen-bond acceptors (Lipinski definition) is 1. The Labute approximate surface area is 88.0 Å². The second-order valence-corrected chi connectivity index (χ2v) is 5.75. The maximum atomic E-state index is 12.1. The summed E-state index contributed by atoms with van der Waals surface area (Å²) in [6.45, 7) is 2.06. The molecule has 0 aromatic heterocycles. The van der Waals surface area contributed by atoms with Crippen molar-refractivity contribution in [1.82, 2.24) is 0 Å². The summed E-state index contributed by atoms with van der Waals surface area (Å²) in [6, 6.07) is 8.10. The first-order chi connectivity index (χ1) is 6.77. The van der Waals surface area contributed by atoms with Crippen LogP contribution in [0, 0.1) is 6.92 Å². The van der Waals surface area contributed by atoms with E-state index in [2.05, 4.69) is 6.92 Å². The van der Waals surface area contributed by atoms with Gasteiger partial charge in [0.1, 0.15) is 0 Å². The van der Waals surface area contributed by atoms with Crippen LogP contribution in [0.5, 0.6) is 0 Å². The van der Waals surface area contributed by atoms with Gasteiger partial charge >= 0.3 is 0 Å². The molecule has 0 heterocycles. The molecule has 0 aliphatic heterocycles. The number of benzene rings is 1. The first kappa shape index (κ1) is 9.91. The van der Waals surface area contributed by atoms with Crippen molar-refractivity contribution in [2.45, 2.75) is 42.8 Å². The van der Waals surface area contributed by atoms with E-state index in [9.17, 15) is 4.21 Å². The molecular weight excluding hydrogens is 192 g/mol. The Balaban J connectivity index is 2.14. The Morgan fingerprint density at radius 1 is 1.14 bits per heavy atom. The average Bonchev–Trinajstić information content (AvgIpc) is 2.71. The van der Waals surface area contributed by atoms with Gasteiger partial charge in [-0.15, -0.1) is 0 Å². The van der Waals surface area contributed by atoms with Gasteiger partial charge in [-0.3, -0.25) is 4.21 Å². The van der Waals surface area contributed by atoms with Gasteiger partial charge in [-0.05, 0) is 31.9 Å². The van der Waals surface area contributed by atoms with Gasteiger partial charge in [-0.25, -0.2) is 0 Å². The summed E-state index contributed by atoms with van der Waals surface area (Å²) < 4.78 is 12.1. The van der Waals surface area contributed by atoms with E-state index in [-0.39, 0.29) is 0 Å². The highest BCUT2D eigenvalue weighted by Crippen LogP contribution is 2.26. The Morgan fingerprint density at radius 3 is 2.29 bits per heavy atom. The lowest BCUT2D eigenvalue weighted by atomic mass is 10.2. The summed E-state index contributed by atoms with van der Waals surface area (Å²) in [5.74, 6) is 0. The van der Waals surface area contributed by atoms with Gasteiger partial charge < -0.3 is 0 Å². The molecular formula is C12H16OS. The highest BCUT2D eigenvalue weighted by molar-refractivity contribution is 7.85. The first-order valence-electron chi connectivity index (χ1n) is 5.24. The van der Waals surface area contributed by atoms with Crippen molar-refractivity contribution in [3.05, 3.63) is 29.8 Å². The molecule has 14 heavy (non-hydrogen) atoms. The van der Waals surface area contributed by atoms with E-state index in [0.29, 0.717) is 5.25 Å². The summed E-state index contributed by atoms with van der Waals surface area (Å²) in [7, 11) is -0.767. The monoisotopic (exact) mass is 208 g/mol. The van der Waals surface area contributed by atoms with E-state index < -0.39 is 10.8 Å². The van der Waals surface area contributed by atoms with E-state index in [4.69, 9.17) is 0 Å². The van der Waals surface area contributed by atoms with Crippen LogP contribution in [0.4, 0.5) is 0 Å². The molecule has 0 spiro atoms. The third-order valence-electron chi connectivity index (χ3n) is 2.86. The molecule has 76 valence electrons. The minimum absolute atomic E-state index is 0.415. The molecule has 1 unspecified atom stereocenters. The summed E-state index contributed by atoms with van der Waals surface area (Å²) in [5.41, 5.74) is 1.23. The fourth-order valence-corrected chi connectivity index (χ4v) is 3.52. The molecule has 0 saturated heterocycles. The van der Waals surface area contributed by atoms with Gasteiger partial charge in [0.15, 0.2) is 0 Å². The van der Waals surface area contributed by atoms with Crippen LogP contribution >= 0.6 is 0 Å². The highest BCUT2D eigenvalue weighted by atomic mass is 32.2. The van der Waals surface area contributed by atoms with Crippen molar-refractivity contribution >= 4 is 10.8 Å². The van der Waals surface area contributed by atoms with Crippen LogP contribution in [0.3, 0.4) is 0 Å². The fraction of sp³-hybridized carbons (Fsp3) is 0.500. The number of aryl methyl sites for hydroxylation is 1. The summed E-state index contributed by atoms with van der Waals surface area (Å²) in [4.78, 5) is 1.00. The van der Waals surface area contributed by atoms with Crippen LogP contribution in [-0.2, 0) is 10.8 Å². The topological polar surface area (TPSA) is 17.1 Å². The summed E-state index contributed by atoms with van der Waals surface area (Å²) in [6.07, 6.45) is 4.78. The van der Waals surface area contributed by atoms with Crippen molar-refractivity contribution in [2.24, 2.45) is 0 Å². The van der Waals surface area contributed by atoms with Gasteiger partial charge in [-0.1, -0.05) is 30.5 Å². The second kappa shape index (κ2) is 4.26. The minimum atomic E-state index is -0.767. The molecule has 1 aromatic carbocycles. The largest absolute Gasteiger partial charge is 0.254 e. The number of hydrogen-bond donors (Lipinski definition) is 0.